The van der Waals surface area contributed by atoms with Crippen LogP contribution in [0.25, 0.3) is 0 Å². The fourth-order valence-electron chi connectivity index (χ4n) is 6.30. The van der Waals surface area contributed by atoms with Gasteiger partial charge >= 0.3 is 0 Å². The molecule has 8 N–H and O–H groups in total. The molecular weight excluding hydrogens is 661 g/mol. The molecule has 8 nitrogen and oxygen atoms in total. The molecule has 0 aliphatic carbocycles. The molecule has 0 aliphatic heterocycles. The standard InChI is InChI=1S/C45H40N4O4/c1-44(31-7-19-38(20-8-31)50-40-23-11-34(46)12-24-40,32-9-21-39(22-10-32)51-41-25-13-35(47)14-26-41)45(33-5-3-2-4-6-33,52-42-27-15-36(48)16-28-42)53-43-29-17-37(49)18-30-43/h2-30H,46-49H2,1H3. The van der Waals surface area contributed by atoms with E-state index in [1.54, 1.807) is 48.5 Å². The topological polar surface area (TPSA) is 141 Å². The molecule has 0 unspecified atom stereocenters. The smallest absolute Gasteiger partial charge is 0.291 e. The van der Waals surface area contributed by atoms with Crippen molar-refractivity contribution in [3.05, 3.63) is 193 Å². The zero-order valence-electron chi connectivity index (χ0n) is 29.2. The lowest BCUT2D eigenvalue weighted by Gasteiger charge is -2.48. The van der Waals surface area contributed by atoms with E-state index in [2.05, 4.69) is 6.92 Å². The second kappa shape index (κ2) is 14.7. The molecule has 0 heterocycles. The Kier molecular flexibility index (Phi) is 9.51. The highest BCUT2D eigenvalue weighted by Gasteiger charge is 2.57. The van der Waals surface area contributed by atoms with Crippen LogP contribution in [0.2, 0.25) is 0 Å². The van der Waals surface area contributed by atoms with Crippen LogP contribution >= 0.6 is 0 Å². The minimum absolute atomic E-state index is 0.552. The highest BCUT2D eigenvalue weighted by Crippen LogP contribution is 2.52. The van der Waals surface area contributed by atoms with Gasteiger partial charge in [-0.25, -0.2) is 0 Å². The molecule has 7 aromatic carbocycles. The first-order chi connectivity index (χ1) is 25.7. The summed E-state index contributed by atoms with van der Waals surface area (Å²) in [5.41, 5.74) is 28.1. The largest absolute Gasteiger partial charge is 0.457 e. The lowest BCUT2D eigenvalue weighted by atomic mass is 9.67. The number of nitrogens with two attached hydrogens (primary N) is 4. The second-order valence-electron chi connectivity index (χ2n) is 12.8. The van der Waals surface area contributed by atoms with E-state index < -0.39 is 11.2 Å². The lowest BCUT2D eigenvalue weighted by Crippen LogP contribution is -2.56. The van der Waals surface area contributed by atoms with E-state index in [0.29, 0.717) is 57.2 Å². The Labute approximate surface area is 309 Å². The van der Waals surface area contributed by atoms with Crippen molar-refractivity contribution in [2.45, 2.75) is 18.1 Å². The van der Waals surface area contributed by atoms with Crippen LogP contribution in [0.5, 0.6) is 34.5 Å². The van der Waals surface area contributed by atoms with Crippen molar-refractivity contribution >= 4 is 22.7 Å². The van der Waals surface area contributed by atoms with Crippen LogP contribution in [0.15, 0.2) is 176 Å². The Morgan fingerprint density at radius 1 is 0.321 bits per heavy atom. The molecule has 0 aromatic heterocycles. The van der Waals surface area contributed by atoms with Gasteiger partial charge < -0.3 is 41.9 Å². The average molecular weight is 701 g/mol. The molecular formula is C45H40N4O4. The van der Waals surface area contributed by atoms with E-state index in [-0.39, 0.29) is 0 Å². The molecule has 8 heteroatoms. The molecule has 0 aliphatic rings. The normalized spacial score (nSPS) is 11.4. The summed E-state index contributed by atoms with van der Waals surface area (Å²) < 4.78 is 26.9. The van der Waals surface area contributed by atoms with E-state index in [0.717, 1.165) is 16.7 Å². The first-order valence-corrected chi connectivity index (χ1v) is 17.1. The van der Waals surface area contributed by atoms with Crippen LogP contribution in [0, 0.1) is 0 Å². The van der Waals surface area contributed by atoms with Gasteiger partial charge in [-0.2, -0.15) is 0 Å². The summed E-state index contributed by atoms with van der Waals surface area (Å²) in [6.07, 6.45) is 0. The van der Waals surface area contributed by atoms with Crippen molar-refractivity contribution in [2.24, 2.45) is 0 Å². The van der Waals surface area contributed by atoms with Gasteiger partial charge in [0.25, 0.3) is 5.79 Å². The first-order valence-electron chi connectivity index (χ1n) is 17.1. The Morgan fingerprint density at radius 3 is 0.925 bits per heavy atom. The summed E-state index contributed by atoms with van der Waals surface area (Å²) in [5, 5.41) is 0. The molecule has 264 valence electrons. The summed E-state index contributed by atoms with van der Waals surface area (Å²) in [6, 6.07) is 54.9. The molecule has 0 bridgehead atoms. The van der Waals surface area contributed by atoms with Gasteiger partial charge in [-0.05, 0) is 139 Å². The maximum Gasteiger partial charge on any atom is 0.291 e. The number of hydrogen-bond donors (Lipinski definition) is 4. The van der Waals surface area contributed by atoms with Gasteiger partial charge in [-0.3, -0.25) is 0 Å². The van der Waals surface area contributed by atoms with Crippen molar-refractivity contribution in [3.8, 4) is 34.5 Å². The molecule has 0 amide bonds. The zero-order valence-corrected chi connectivity index (χ0v) is 29.2. The third-order valence-electron chi connectivity index (χ3n) is 9.19. The molecule has 0 radical (unpaired) electrons. The summed E-state index contributed by atoms with van der Waals surface area (Å²) in [4.78, 5) is 0. The van der Waals surface area contributed by atoms with Crippen molar-refractivity contribution < 1.29 is 18.9 Å². The second-order valence-corrected chi connectivity index (χ2v) is 12.8. The predicted octanol–water partition coefficient (Wildman–Crippen LogP) is 9.92. The SMILES string of the molecule is CC(c1ccc(Oc2ccc(N)cc2)cc1)(c1ccc(Oc2ccc(N)cc2)cc1)C(Oc1ccc(N)cc1)(Oc1ccc(N)cc1)c1ccccc1. The van der Waals surface area contributed by atoms with Crippen LogP contribution < -0.4 is 41.9 Å². The Morgan fingerprint density at radius 2 is 0.604 bits per heavy atom. The van der Waals surface area contributed by atoms with Gasteiger partial charge in [0.2, 0.25) is 0 Å². The van der Waals surface area contributed by atoms with Gasteiger partial charge in [0, 0.05) is 28.3 Å². The Bertz CT molecular complexity index is 2100. The van der Waals surface area contributed by atoms with Crippen molar-refractivity contribution in [1.29, 1.82) is 0 Å². The molecule has 0 saturated heterocycles. The van der Waals surface area contributed by atoms with E-state index in [9.17, 15) is 0 Å². The molecule has 0 saturated carbocycles. The molecule has 7 rings (SSSR count). The van der Waals surface area contributed by atoms with E-state index >= 15 is 0 Å². The maximum absolute atomic E-state index is 7.23. The molecule has 0 spiro atoms. The lowest BCUT2D eigenvalue weighted by molar-refractivity contribution is -0.165. The van der Waals surface area contributed by atoms with E-state index in [1.807, 2.05) is 127 Å². The van der Waals surface area contributed by atoms with Crippen molar-refractivity contribution in [1.82, 2.24) is 0 Å². The summed E-state index contributed by atoms with van der Waals surface area (Å²) in [6.45, 7) is 2.11. The number of benzene rings is 7. The third-order valence-corrected chi connectivity index (χ3v) is 9.19. The fourth-order valence-corrected chi connectivity index (χ4v) is 6.30. The summed E-state index contributed by atoms with van der Waals surface area (Å²) in [5.74, 6) is 2.22. The number of hydrogen-bond acceptors (Lipinski definition) is 8. The number of anilines is 4. The summed E-state index contributed by atoms with van der Waals surface area (Å²) in [7, 11) is 0. The minimum Gasteiger partial charge on any atom is -0.457 e. The van der Waals surface area contributed by atoms with Crippen LogP contribution in [0.1, 0.15) is 23.6 Å². The van der Waals surface area contributed by atoms with E-state index in [4.69, 9.17) is 41.9 Å². The molecule has 53 heavy (non-hydrogen) atoms. The van der Waals surface area contributed by atoms with Gasteiger partial charge in [0.05, 0.1) is 5.41 Å². The number of ether oxygens (including phenoxy) is 4. The number of nitrogen functional groups attached to an aromatic ring is 4. The Balaban J connectivity index is 1.42. The molecule has 0 fully saturated rings. The van der Waals surface area contributed by atoms with Crippen molar-refractivity contribution in [3.63, 3.8) is 0 Å². The molecule has 0 atom stereocenters. The zero-order chi connectivity index (χ0) is 36.8. The maximum atomic E-state index is 7.23. The van der Waals surface area contributed by atoms with Gasteiger partial charge in [-0.15, -0.1) is 0 Å². The van der Waals surface area contributed by atoms with Crippen LogP contribution in [-0.2, 0) is 11.2 Å². The molecule has 7 aromatic rings. The van der Waals surface area contributed by atoms with Gasteiger partial charge in [0.15, 0.2) is 0 Å². The van der Waals surface area contributed by atoms with Crippen LogP contribution in [0.4, 0.5) is 22.7 Å². The quantitative estimate of drug-likeness (QED) is 0.0729. The number of rotatable bonds is 12. The average Bonchev–Trinajstić information content (AvgIpc) is 3.19. The fraction of sp³-hybridized carbons (Fsp3) is 0.0667. The first kappa shape index (κ1) is 34.4. The minimum atomic E-state index is -1.53. The third kappa shape index (κ3) is 7.38. The Hall–Kier alpha value is -7.06. The van der Waals surface area contributed by atoms with Crippen LogP contribution in [-0.4, -0.2) is 0 Å². The summed E-state index contributed by atoms with van der Waals surface area (Å²) >= 11 is 0. The van der Waals surface area contributed by atoms with Gasteiger partial charge in [-0.1, -0.05) is 54.6 Å². The van der Waals surface area contributed by atoms with Crippen LogP contribution in [0.3, 0.4) is 0 Å². The highest BCUT2D eigenvalue weighted by molar-refractivity contribution is 5.52. The van der Waals surface area contributed by atoms with Crippen molar-refractivity contribution in [2.75, 3.05) is 22.9 Å². The predicted molar refractivity (Wildman–Crippen MR) is 212 cm³/mol. The van der Waals surface area contributed by atoms with Gasteiger partial charge in [0.1, 0.15) is 34.5 Å². The van der Waals surface area contributed by atoms with E-state index in [1.165, 1.54) is 0 Å². The highest BCUT2D eigenvalue weighted by atomic mass is 16.7. The monoisotopic (exact) mass is 700 g/mol.